The van der Waals surface area contributed by atoms with Crippen LogP contribution in [0.4, 0.5) is 0 Å². The Balaban J connectivity index is 2.78. The third-order valence-corrected chi connectivity index (χ3v) is 3.17. The molecule has 1 atom stereocenters. The summed E-state index contributed by atoms with van der Waals surface area (Å²) in [5.41, 5.74) is 7.14. The molecule has 0 saturated heterocycles. The van der Waals surface area contributed by atoms with Crippen LogP contribution >= 0.6 is 11.8 Å². The van der Waals surface area contributed by atoms with Crippen molar-refractivity contribution in [2.45, 2.75) is 31.2 Å². The highest BCUT2D eigenvalue weighted by molar-refractivity contribution is 7.99. The van der Waals surface area contributed by atoms with E-state index in [0.717, 1.165) is 0 Å². The summed E-state index contributed by atoms with van der Waals surface area (Å²) in [6, 6.07) is 8.53. The number of hydrogen-bond donors (Lipinski definition) is 1. The summed E-state index contributed by atoms with van der Waals surface area (Å²) in [5, 5.41) is 0. The quantitative estimate of drug-likeness (QED) is 0.747. The van der Waals surface area contributed by atoms with E-state index in [0.29, 0.717) is 0 Å². The van der Waals surface area contributed by atoms with Crippen LogP contribution < -0.4 is 5.73 Å². The van der Waals surface area contributed by atoms with Crippen LogP contribution in [0.15, 0.2) is 29.2 Å². The highest BCUT2D eigenvalue weighted by Crippen LogP contribution is 2.26. The second-order valence-corrected chi connectivity index (χ2v) is 4.31. The van der Waals surface area contributed by atoms with Gasteiger partial charge in [0, 0.05) is 10.9 Å². The van der Waals surface area contributed by atoms with Crippen LogP contribution in [0.3, 0.4) is 0 Å². The Kier molecular flexibility index (Phi) is 4.33. The van der Waals surface area contributed by atoms with Gasteiger partial charge in [0.05, 0.1) is 0 Å². The van der Waals surface area contributed by atoms with Crippen LogP contribution in [0.2, 0.25) is 0 Å². The first kappa shape index (κ1) is 10.6. The van der Waals surface area contributed by atoms with Gasteiger partial charge in [-0.2, -0.15) is 0 Å². The van der Waals surface area contributed by atoms with E-state index in [1.165, 1.54) is 22.6 Å². The first-order valence-electron chi connectivity index (χ1n) is 4.73. The summed E-state index contributed by atoms with van der Waals surface area (Å²) >= 11 is 1.90. The summed E-state index contributed by atoms with van der Waals surface area (Å²) in [6.07, 6.45) is 1.21. The lowest BCUT2D eigenvalue weighted by Crippen LogP contribution is -2.06. The van der Waals surface area contributed by atoms with E-state index in [4.69, 9.17) is 5.73 Å². The van der Waals surface area contributed by atoms with Gasteiger partial charge < -0.3 is 5.73 Å². The van der Waals surface area contributed by atoms with Crippen molar-refractivity contribution in [1.82, 2.24) is 0 Å². The normalized spacial score (nSPS) is 12.8. The van der Waals surface area contributed by atoms with Gasteiger partial charge in [-0.3, -0.25) is 0 Å². The zero-order valence-corrected chi connectivity index (χ0v) is 9.10. The van der Waals surface area contributed by atoms with Crippen molar-refractivity contribution in [2.75, 3.05) is 5.75 Å². The fraction of sp³-hybridized carbons (Fsp3) is 0.455. The van der Waals surface area contributed by atoms with Gasteiger partial charge in [0.25, 0.3) is 0 Å². The fourth-order valence-corrected chi connectivity index (χ4v) is 2.22. The predicted octanol–water partition coefficient (Wildman–Crippen LogP) is 3.21. The van der Waals surface area contributed by atoms with Gasteiger partial charge in [-0.1, -0.05) is 25.1 Å². The Bertz CT molecular complexity index is 258. The van der Waals surface area contributed by atoms with E-state index in [-0.39, 0.29) is 6.04 Å². The van der Waals surface area contributed by atoms with Gasteiger partial charge in [0.2, 0.25) is 0 Å². The van der Waals surface area contributed by atoms with Gasteiger partial charge in [0.15, 0.2) is 0 Å². The molecule has 0 heterocycles. The molecule has 0 radical (unpaired) electrons. The third kappa shape index (κ3) is 3.05. The molecule has 2 N–H and O–H groups in total. The van der Waals surface area contributed by atoms with E-state index >= 15 is 0 Å². The van der Waals surface area contributed by atoms with Crippen LogP contribution in [0.25, 0.3) is 0 Å². The average Bonchev–Trinajstić information content (AvgIpc) is 2.15. The molecule has 0 aliphatic heterocycles. The standard InChI is InChI=1S/C11H17NS/c1-3-8-13-11-7-5-4-6-10(11)9(2)12/h4-7,9H,3,8,12H2,1-2H3/t9-/m1/s1. The van der Waals surface area contributed by atoms with Crippen molar-refractivity contribution in [1.29, 1.82) is 0 Å². The Morgan fingerprint density at radius 1 is 1.38 bits per heavy atom. The first-order valence-corrected chi connectivity index (χ1v) is 5.71. The largest absolute Gasteiger partial charge is 0.324 e. The Labute approximate surface area is 84.7 Å². The zero-order valence-electron chi connectivity index (χ0n) is 8.29. The summed E-state index contributed by atoms with van der Waals surface area (Å²) in [7, 11) is 0. The highest BCUT2D eigenvalue weighted by Gasteiger charge is 2.04. The van der Waals surface area contributed by atoms with Crippen LogP contribution in [0, 0.1) is 0 Å². The summed E-state index contributed by atoms with van der Waals surface area (Å²) in [4.78, 5) is 1.33. The van der Waals surface area contributed by atoms with Crippen molar-refractivity contribution in [3.05, 3.63) is 29.8 Å². The molecule has 13 heavy (non-hydrogen) atoms. The van der Waals surface area contributed by atoms with Gasteiger partial charge >= 0.3 is 0 Å². The van der Waals surface area contributed by atoms with Crippen LogP contribution in [0.5, 0.6) is 0 Å². The number of thioether (sulfide) groups is 1. The highest BCUT2D eigenvalue weighted by atomic mass is 32.2. The molecule has 0 aliphatic carbocycles. The number of benzene rings is 1. The number of hydrogen-bond acceptors (Lipinski definition) is 2. The molecule has 0 amide bonds. The smallest absolute Gasteiger partial charge is 0.0277 e. The molecule has 72 valence electrons. The van der Waals surface area contributed by atoms with Crippen molar-refractivity contribution >= 4 is 11.8 Å². The van der Waals surface area contributed by atoms with E-state index in [9.17, 15) is 0 Å². The molecule has 2 heteroatoms. The maximum atomic E-state index is 5.87. The molecule has 1 nitrogen and oxygen atoms in total. The number of nitrogens with two attached hydrogens (primary N) is 1. The third-order valence-electron chi connectivity index (χ3n) is 1.87. The average molecular weight is 195 g/mol. The molecule has 0 unspecified atom stereocenters. The second kappa shape index (κ2) is 5.30. The molecule has 0 aliphatic rings. The lowest BCUT2D eigenvalue weighted by atomic mass is 10.1. The molecule has 1 aromatic rings. The topological polar surface area (TPSA) is 26.0 Å². The molecule has 0 saturated carbocycles. The van der Waals surface area contributed by atoms with Crippen molar-refractivity contribution in [3.8, 4) is 0 Å². The van der Waals surface area contributed by atoms with Gasteiger partial charge in [0.1, 0.15) is 0 Å². The SMILES string of the molecule is CCCSc1ccccc1[C@@H](C)N. The Morgan fingerprint density at radius 3 is 2.69 bits per heavy atom. The van der Waals surface area contributed by atoms with E-state index in [1.54, 1.807) is 0 Å². The maximum absolute atomic E-state index is 5.87. The summed E-state index contributed by atoms with van der Waals surface area (Å²) in [6.45, 7) is 4.23. The molecule has 0 fully saturated rings. The Hall–Kier alpha value is -0.470. The fourth-order valence-electron chi connectivity index (χ4n) is 1.20. The van der Waals surface area contributed by atoms with Crippen molar-refractivity contribution in [2.24, 2.45) is 5.73 Å². The zero-order chi connectivity index (χ0) is 9.68. The van der Waals surface area contributed by atoms with Crippen LogP contribution in [-0.2, 0) is 0 Å². The lowest BCUT2D eigenvalue weighted by Gasteiger charge is -2.11. The summed E-state index contributed by atoms with van der Waals surface area (Å²) in [5.74, 6) is 1.17. The first-order chi connectivity index (χ1) is 6.25. The predicted molar refractivity (Wildman–Crippen MR) is 60.1 cm³/mol. The van der Waals surface area contributed by atoms with Crippen LogP contribution in [0.1, 0.15) is 31.9 Å². The Morgan fingerprint density at radius 2 is 2.08 bits per heavy atom. The molecule has 1 rings (SSSR count). The van der Waals surface area contributed by atoms with Crippen molar-refractivity contribution < 1.29 is 0 Å². The molecule has 0 spiro atoms. The lowest BCUT2D eigenvalue weighted by molar-refractivity contribution is 0.797. The number of rotatable bonds is 4. The van der Waals surface area contributed by atoms with Gasteiger partial charge in [-0.15, -0.1) is 11.8 Å². The van der Waals surface area contributed by atoms with Gasteiger partial charge in [-0.05, 0) is 30.7 Å². The van der Waals surface area contributed by atoms with Crippen LogP contribution in [-0.4, -0.2) is 5.75 Å². The van der Waals surface area contributed by atoms with E-state index < -0.39 is 0 Å². The monoisotopic (exact) mass is 195 g/mol. The van der Waals surface area contributed by atoms with Crippen molar-refractivity contribution in [3.63, 3.8) is 0 Å². The minimum absolute atomic E-state index is 0.139. The minimum Gasteiger partial charge on any atom is -0.324 e. The minimum atomic E-state index is 0.139. The van der Waals surface area contributed by atoms with E-state index in [1.807, 2.05) is 18.7 Å². The maximum Gasteiger partial charge on any atom is 0.0277 e. The van der Waals surface area contributed by atoms with Gasteiger partial charge in [-0.25, -0.2) is 0 Å². The molecular formula is C11H17NS. The summed E-state index contributed by atoms with van der Waals surface area (Å²) < 4.78 is 0. The van der Waals surface area contributed by atoms with E-state index in [2.05, 4.69) is 31.2 Å². The molecule has 0 aromatic heterocycles. The second-order valence-electron chi connectivity index (χ2n) is 3.17. The molecular weight excluding hydrogens is 178 g/mol. The molecule has 1 aromatic carbocycles. The molecule has 0 bridgehead atoms.